The first kappa shape index (κ1) is 17.4. The van der Waals surface area contributed by atoms with E-state index in [2.05, 4.69) is 22.4 Å². The number of hydrogen-bond donors (Lipinski definition) is 2. The number of nitrogens with one attached hydrogen (secondary N) is 1. The number of nitrogens with zero attached hydrogens (tertiary/aromatic N) is 1. The van der Waals surface area contributed by atoms with Gasteiger partial charge in [0, 0.05) is 28.9 Å². The Morgan fingerprint density at radius 1 is 1.04 bits per heavy atom. The largest absolute Gasteiger partial charge is 0.478 e. The van der Waals surface area contributed by atoms with Gasteiger partial charge in [0.25, 0.3) is 5.91 Å². The molecule has 4 rings (SSSR count). The Labute approximate surface area is 160 Å². The molecule has 1 aliphatic carbocycles. The number of pyridine rings is 1. The molecule has 0 saturated carbocycles. The maximum absolute atomic E-state index is 12.4. The molecule has 0 atom stereocenters. The third-order valence-corrected chi connectivity index (χ3v) is 5.73. The fourth-order valence-corrected chi connectivity index (χ4v) is 4.41. The van der Waals surface area contributed by atoms with E-state index in [1.165, 1.54) is 47.7 Å². The molecule has 136 valence electrons. The lowest BCUT2D eigenvalue weighted by Crippen LogP contribution is -2.13. The van der Waals surface area contributed by atoms with Crippen LogP contribution in [-0.2, 0) is 12.8 Å². The standard InChI is InChI=1S/C21H18N2O3S/c24-19(14-7-9-22-10-8-14)23-20-18(21(25)26)17(12-27-20)16-6-5-13-3-1-2-4-15(13)11-16/h5-12H,1-4H2,(H,23,24)(H,25,26). The molecule has 1 aromatic carbocycles. The highest BCUT2D eigenvalue weighted by Crippen LogP contribution is 2.37. The van der Waals surface area contributed by atoms with Crippen molar-refractivity contribution in [1.29, 1.82) is 0 Å². The van der Waals surface area contributed by atoms with E-state index in [0.717, 1.165) is 18.4 Å². The van der Waals surface area contributed by atoms with Crippen LogP contribution in [0, 0.1) is 0 Å². The SMILES string of the molecule is O=C(Nc1scc(-c2ccc3c(c2)CCCC3)c1C(=O)O)c1ccncc1. The van der Waals surface area contributed by atoms with Crippen LogP contribution in [0.5, 0.6) is 0 Å². The quantitative estimate of drug-likeness (QED) is 0.693. The molecule has 0 saturated heterocycles. The van der Waals surface area contributed by atoms with Crippen molar-refractivity contribution in [3.63, 3.8) is 0 Å². The number of hydrogen-bond acceptors (Lipinski definition) is 4. The van der Waals surface area contributed by atoms with E-state index >= 15 is 0 Å². The van der Waals surface area contributed by atoms with E-state index < -0.39 is 5.97 Å². The number of aromatic carboxylic acids is 1. The predicted octanol–water partition coefficient (Wildman–Crippen LogP) is 4.64. The number of amides is 1. The molecule has 0 fully saturated rings. The number of thiophene rings is 1. The van der Waals surface area contributed by atoms with Gasteiger partial charge in [-0.2, -0.15) is 0 Å². The molecule has 2 aromatic heterocycles. The molecule has 0 unspecified atom stereocenters. The molecule has 2 N–H and O–H groups in total. The summed E-state index contributed by atoms with van der Waals surface area (Å²) in [5.41, 5.74) is 4.75. The summed E-state index contributed by atoms with van der Waals surface area (Å²) in [5.74, 6) is -1.40. The fourth-order valence-electron chi connectivity index (χ4n) is 3.45. The van der Waals surface area contributed by atoms with Gasteiger partial charge in [0.05, 0.1) is 0 Å². The van der Waals surface area contributed by atoms with Gasteiger partial charge >= 0.3 is 5.97 Å². The van der Waals surface area contributed by atoms with E-state index in [9.17, 15) is 14.7 Å². The highest BCUT2D eigenvalue weighted by molar-refractivity contribution is 7.15. The van der Waals surface area contributed by atoms with Gasteiger partial charge in [-0.3, -0.25) is 9.78 Å². The number of aryl methyl sites for hydroxylation is 2. The lowest BCUT2D eigenvalue weighted by molar-refractivity contribution is 0.0699. The van der Waals surface area contributed by atoms with Crippen LogP contribution in [0.1, 0.15) is 44.7 Å². The highest BCUT2D eigenvalue weighted by atomic mass is 32.1. The smallest absolute Gasteiger partial charge is 0.339 e. The van der Waals surface area contributed by atoms with Crippen LogP contribution in [-0.4, -0.2) is 22.0 Å². The van der Waals surface area contributed by atoms with Crippen LogP contribution < -0.4 is 5.32 Å². The maximum Gasteiger partial charge on any atom is 0.339 e. The van der Waals surface area contributed by atoms with Gasteiger partial charge in [0.2, 0.25) is 0 Å². The van der Waals surface area contributed by atoms with Crippen molar-refractivity contribution >= 4 is 28.2 Å². The highest BCUT2D eigenvalue weighted by Gasteiger charge is 2.22. The summed E-state index contributed by atoms with van der Waals surface area (Å²) in [7, 11) is 0. The third kappa shape index (κ3) is 3.48. The molecule has 3 aromatic rings. The average Bonchev–Trinajstić information content (AvgIpc) is 3.12. The minimum Gasteiger partial charge on any atom is -0.478 e. The van der Waals surface area contributed by atoms with Crippen LogP contribution in [0.3, 0.4) is 0 Å². The van der Waals surface area contributed by atoms with Gasteiger partial charge in [0.15, 0.2) is 0 Å². The zero-order chi connectivity index (χ0) is 18.8. The number of benzene rings is 1. The number of carbonyl (C=O) groups excluding carboxylic acids is 1. The number of carboxylic acids is 1. The Morgan fingerprint density at radius 3 is 2.52 bits per heavy atom. The molecular formula is C21H18N2O3S. The molecular weight excluding hydrogens is 360 g/mol. The van der Waals surface area contributed by atoms with Gasteiger partial charge in [0.1, 0.15) is 10.6 Å². The van der Waals surface area contributed by atoms with E-state index in [1.807, 2.05) is 6.07 Å². The minimum atomic E-state index is -1.05. The summed E-state index contributed by atoms with van der Waals surface area (Å²) in [6, 6.07) is 9.36. The third-order valence-electron chi connectivity index (χ3n) is 4.83. The molecule has 6 heteroatoms. The van der Waals surface area contributed by atoms with Crippen molar-refractivity contribution in [2.45, 2.75) is 25.7 Å². The Balaban J connectivity index is 1.69. The second kappa shape index (κ2) is 7.32. The molecule has 2 heterocycles. The van der Waals surface area contributed by atoms with Crippen molar-refractivity contribution in [1.82, 2.24) is 4.98 Å². The minimum absolute atomic E-state index is 0.137. The van der Waals surface area contributed by atoms with Crippen molar-refractivity contribution in [3.8, 4) is 11.1 Å². The zero-order valence-corrected chi connectivity index (χ0v) is 15.4. The topological polar surface area (TPSA) is 79.3 Å². The molecule has 0 bridgehead atoms. The van der Waals surface area contributed by atoms with Crippen molar-refractivity contribution < 1.29 is 14.7 Å². The van der Waals surface area contributed by atoms with Crippen molar-refractivity contribution in [3.05, 3.63) is 70.4 Å². The fraction of sp³-hybridized carbons (Fsp3) is 0.190. The van der Waals surface area contributed by atoms with E-state index in [-0.39, 0.29) is 11.5 Å². The Morgan fingerprint density at radius 2 is 1.78 bits per heavy atom. The average molecular weight is 378 g/mol. The first-order chi connectivity index (χ1) is 13.1. The monoisotopic (exact) mass is 378 g/mol. The molecule has 27 heavy (non-hydrogen) atoms. The number of anilines is 1. The Kier molecular flexibility index (Phi) is 4.73. The molecule has 0 aliphatic heterocycles. The van der Waals surface area contributed by atoms with Crippen molar-refractivity contribution in [2.75, 3.05) is 5.32 Å². The Hall–Kier alpha value is -2.99. The summed E-state index contributed by atoms with van der Waals surface area (Å²) >= 11 is 1.23. The molecule has 0 radical (unpaired) electrons. The molecule has 1 aliphatic rings. The van der Waals surface area contributed by atoms with Crippen LogP contribution in [0.2, 0.25) is 0 Å². The number of carboxylic acid groups (broad SMARTS) is 1. The van der Waals surface area contributed by atoms with Gasteiger partial charge in [-0.1, -0.05) is 18.2 Å². The summed E-state index contributed by atoms with van der Waals surface area (Å²) in [6.07, 6.45) is 7.54. The first-order valence-corrected chi connectivity index (χ1v) is 9.70. The number of fused-ring (bicyclic) bond motifs is 1. The molecule has 0 spiro atoms. The maximum atomic E-state index is 12.4. The molecule has 1 amide bonds. The van der Waals surface area contributed by atoms with Gasteiger partial charge in [-0.15, -0.1) is 11.3 Å². The first-order valence-electron chi connectivity index (χ1n) is 8.82. The number of carbonyl (C=O) groups is 2. The summed E-state index contributed by atoms with van der Waals surface area (Å²) in [4.78, 5) is 28.2. The van der Waals surface area contributed by atoms with Gasteiger partial charge < -0.3 is 10.4 Å². The number of rotatable bonds is 4. The van der Waals surface area contributed by atoms with Crippen LogP contribution >= 0.6 is 11.3 Å². The lowest BCUT2D eigenvalue weighted by Gasteiger charge is -2.16. The second-order valence-corrected chi connectivity index (χ2v) is 7.42. The van der Waals surface area contributed by atoms with E-state index in [1.54, 1.807) is 17.5 Å². The lowest BCUT2D eigenvalue weighted by atomic mass is 9.89. The second-order valence-electron chi connectivity index (χ2n) is 6.54. The summed E-state index contributed by atoms with van der Waals surface area (Å²) in [5, 5.41) is 14.6. The van der Waals surface area contributed by atoms with Crippen molar-refractivity contribution in [2.24, 2.45) is 0 Å². The van der Waals surface area contributed by atoms with Crippen LogP contribution in [0.15, 0.2) is 48.1 Å². The normalized spacial score (nSPS) is 13.0. The zero-order valence-electron chi connectivity index (χ0n) is 14.6. The Bertz CT molecular complexity index is 1010. The van der Waals surface area contributed by atoms with Crippen LogP contribution in [0.4, 0.5) is 5.00 Å². The van der Waals surface area contributed by atoms with Gasteiger partial charge in [-0.05, 0) is 54.5 Å². The number of aromatic nitrogens is 1. The van der Waals surface area contributed by atoms with E-state index in [0.29, 0.717) is 16.1 Å². The predicted molar refractivity (Wildman–Crippen MR) is 106 cm³/mol. The van der Waals surface area contributed by atoms with Gasteiger partial charge in [-0.25, -0.2) is 4.79 Å². The molecule has 5 nitrogen and oxygen atoms in total. The summed E-state index contributed by atoms with van der Waals surface area (Å²) in [6.45, 7) is 0. The summed E-state index contributed by atoms with van der Waals surface area (Å²) < 4.78 is 0. The van der Waals surface area contributed by atoms with Crippen LogP contribution in [0.25, 0.3) is 11.1 Å². The van der Waals surface area contributed by atoms with E-state index in [4.69, 9.17) is 0 Å².